The van der Waals surface area contributed by atoms with Crippen LogP contribution in [0.15, 0.2) is 66.7 Å². The Balaban J connectivity index is 0.000000364. The molecule has 0 aliphatic heterocycles. The van der Waals surface area contributed by atoms with Crippen LogP contribution in [0.5, 0.6) is 0 Å². The number of benzene rings is 3. The van der Waals surface area contributed by atoms with Crippen molar-refractivity contribution >= 4 is 10.0 Å². The fraction of sp³-hybridized carbons (Fsp3) is 0.308. The number of sulfonamides is 1. The molecule has 0 unspecified atom stereocenters. The van der Waals surface area contributed by atoms with E-state index in [0.29, 0.717) is 0 Å². The van der Waals surface area contributed by atoms with Gasteiger partial charge in [0.25, 0.3) is 0 Å². The van der Waals surface area contributed by atoms with E-state index in [9.17, 15) is 8.42 Å². The van der Waals surface area contributed by atoms with Crippen LogP contribution in [0.1, 0.15) is 51.0 Å². The van der Waals surface area contributed by atoms with Gasteiger partial charge >= 0.3 is 0 Å². The topological polar surface area (TPSA) is 72.2 Å². The molecule has 0 aromatic heterocycles. The van der Waals surface area contributed by atoms with Gasteiger partial charge in [-0.15, -0.1) is 0 Å². The van der Waals surface area contributed by atoms with Gasteiger partial charge in [0.15, 0.2) is 0 Å². The molecule has 174 valence electrons. The smallest absolute Gasteiger partial charge is 0.209 e. The molecule has 0 radical (unpaired) electrons. The van der Waals surface area contributed by atoms with Crippen LogP contribution < -0.4 is 10.5 Å². The van der Waals surface area contributed by atoms with Gasteiger partial charge in [-0.2, -0.15) is 0 Å². The summed E-state index contributed by atoms with van der Waals surface area (Å²) in [5, 5.41) is 0. The molecule has 3 N–H and O–H groups in total. The maximum Gasteiger partial charge on any atom is 0.209 e. The van der Waals surface area contributed by atoms with Crippen molar-refractivity contribution in [3.05, 3.63) is 106 Å². The standard InChI is InChI=1S/C15H18N2O2S.C11H16.Ru/c1-20(18,19)17-15(13-10-6-3-7-11-13)14(16)12-8-4-2-5-9-12;1-7-6-8(2)10(4)11(5)9(7)3;/h2-11,14-15,17H,16H2,1H3;6H,1-5H3;/t14-,15-;;/m0../s1. The Morgan fingerprint density at radius 1 is 0.719 bits per heavy atom. The predicted octanol–water partition coefficient (Wildman–Crippen LogP) is 5.20. The van der Waals surface area contributed by atoms with Crippen LogP contribution in [0, 0.1) is 34.6 Å². The van der Waals surface area contributed by atoms with Crippen molar-refractivity contribution in [3.8, 4) is 0 Å². The third-order valence-corrected chi connectivity index (χ3v) is 6.47. The number of hydrogen-bond acceptors (Lipinski definition) is 3. The Hall–Kier alpha value is -1.85. The second-order valence-corrected chi connectivity index (χ2v) is 9.88. The normalized spacial score (nSPS) is 12.7. The Bertz CT molecular complexity index is 1080. The SMILES string of the molecule is CS(=O)(=O)N[C@@H](c1ccccc1)[C@@H](N)c1ccccc1.Cc1cc(C)c(C)c(C)c1C.[Ru]. The summed E-state index contributed by atoms with van der Waals surface area (Å²) in [5.41, 5.74) is 15.1. The van der Waals surface area contributed by atoms with E-state index in [1.807, 2.05) is 60.7 Å². The molecule has 6 heteroatoms. The third-order valence-electron chi connectivity index (χ3n) is 5.78. The zero-order chi connectivity index (χ0) is 23.2. The van der Waals surface area contributed by atoms with Gasteiger partial charge < -0.3 is 5.73 Å². The molecular formula is C26H34N2O2RuS. The zero-order valence-corrected chi connectivity index (χ0v) is 22.2. The molecule has 3 aromatic carbocycles. The summed E-state index contributed by atoms with van der Waals surface area (Å²) in [5.74, 6) is 0. The molecule has 0 bridgehead atoms. The van der Waals surface area contributed by atoms with Crippen LogP contribution in [0.25, 0.3) is 0 Å². The van der Waals surface area contributed by atoms with E-state index >= 15 is 0 Å². The summed E-state index contributed by atoms with van der Waals surface area (Å²) in [7, 11) is -3.35. The van der Waals surface area contributed by atoms with Gasteiger partial charge in [-0.05, 0) is 73.6 Å². The fourth-order valence-corrected chi connectivity index (χ4v) is 4.27. The Kier molecular flexibility index (Phi) is 10.9. The molecule has 3 aromatic rings. The van der Waals surface area contributed by atoms with Crippen LogP contribution in [0.3, 0.4) is 0 Å². The first-order valence-electron chi connectivity index (χ1n) is 10.4. The van der Waals surface area contributed by atoms with Crippen molar-refractivity contribution in [3.63, 3.8) is 0 Å². The van der Waals surface area contributed by atoms with E-state index in [1.54, 1.807) is 0 Å². The minimum absolute atomic E-state index is 0. The first-order chi connectivity index (χ1) is 14.5. The Morgan fingerprint density at radius 3 is 1.53 bits per heavy atom. The van der Waals surface area contributed by atoms with Crippen LogP contribution >= 0.6 is 0 Å². The molecule has 0 aliphatic carbocycles. The number of rotatable bonds is 5. The molecule has 4 nitrogen and oxygen atoms in total. The number of aryl methyl sites for hydroxylation is 2. The van der Waals surface area contributed by atoms with Gasteiger partial charge in [-0.25, -0.2) is 13.1 Å². The summed E-state index contributed by atoms with van der Waals surface area (Å²) >= 11 is 0. The van der Waals surface area contributed by atoms with Crippen LogP contribution in [-0.4, -0.2) is 14.7 Å². The zero-order valence-electron chi connectivity index (χ0n) is 19.7. The van der Waals surface area contributed by atoms with Crippen molar-refractivity contribution in [1.82, 2.24) is 4.72 Å². The quantitative estimate of drug-likeness (QED) is 0.438. The summed E-state index contributed by atoms with van der Waals surface area (Å²) in [4.78, 5) is 0. The van der Waals surface area contributed by atoms with Crippen molar-refractivity contribution in [1.29, 1.82) is 0 Å². The second-order valence-electron chi connectivity index (χ2n) is 8.10. The van der Waals surface area contributed by atoms with Gasteiger partial charge in [-0.3, -0.25) is 0 Å². The molecule has 0 spiro atoms. The molecule has 0 saturated heterocycles. The van der Waals surface area contributed by atoms with Gasteiger partial charge in [0.1, 0.15) is 0 Å². The maximum absolute atomic E-state index is 11.6. The largest absolute Gasteiger partial charge is 0.322 e. The van der Waals surface area contributed by atoms with Crippen molar-refractivity contribution in [2.24, 2.45) is 5.73 Å². The summed E-state index contributed by atoms with van der Waals surface area (Å²) in [6.45, 7) is 10.9. The van der Waals surface area contributed by atoms with E-state index in [-0.39, 0.29) is 19.5 Å². The van der Waals surface area contributed by atoms with E-state index in [2.05, 4.69) is 45.4 Å². The van der Waals surface area contributed by atoms with Gasteiger partial charge in [-0.1, -0.05) is 66.7 Å². The van der Waals surface area contributed by atoms with E-state index in [4.69, 9.17) is 5.73 Å². The monoisotopic (exact) mass is 540 g/mol. The molecule has 2 atom stereocenters. The van der Waals surface area contributed by atoms with Gasteiger partial charge in [0.05, 0.1) is 18.3 Å². The first-order valence-corrected chi connectivity index (χ1v) is 12.3. The molecule has 3 rings (SSSR count). The van der Waals surface area contributed by atoms with Crippen LogP contribution in [-0.2, 0) is 29.5 Å². The predicted molar refractivity (Wildman–Crippen MR) is 131 cm³/mol. The minimum atomic E-state index is -3.35. The average molecular weight is 540 g/mol. The van der Waals surface area contributed by atoms with E-state index in [0.717, 1.165) is 17.4 Å². The Labute approximate surface area is 206 Å². The molecule has 0 heterocycles. The van der Waals surface area contributed by atoms with Crippen molar-refractivity contribution < 1.29 is 27.9 Å². The maximum atomic E-state index is 11.6. The number of nitrogens with two attached hydrogens (primary N) is 1. The summed E-state index contributed by atoms with van der Waals surface area (Å²) in [6.07, 6.45) is 1.14. The Morgan fingerprint density at radius 2 is 1.12 bits per heavy atom. The second kappa shape index (κ2) is 12.4. The number of nitrogens with one attached hydrogen (secondary N) is 1. The third kappa shape index (κ3) is 7.93. The fourth-order valence-electron chi connectivity index (χ4n) is 3.52. The van der Waals surface area contributed by atoms with Crippen molar-refractivity contribution in [2.75, 3.05) is 6.26 Å². The average Bonchev–Trinajstić information content (AvgIpc) is 2.75. The van der Waals surface area contributed by atoms with Gasteiger partial charge in [0.2, 0.25) is 10.0 Å². The van der Waals surface area contributed by atoms with E-state index < -0.39 is 22.1 Å². The van der Waals surface area contributed by atoms with Crippen LogP contribution in [0.4, 0.5) is 0 Å². The molecule has 0 amide bonds. The molecule has 0 aliphatic rings. The molecule has 32 heavy (non-hydrogen) atoms. The number of hydrogen-bond donors (Lipinski definition) is 2. The molecular weight excluding hydrogens is 505 g/mol. The van der Waals surface area contributed by atoms with Gasteiger partial charge in [0, 0.05) is 19.5 Å². The van der Waals surface area contributed by atoms with Crippen LogP contribution in [0.2, 0.25) is 0 Å². The summed E-state index contributed by atoms with van der Waals surface area (Å²) in [6, 6.07) is 20.1. The first kappa shape index (κ1) is 28.2. The summed E-state index contributed by atoms with van der Waals surface area (Å²) < 4.78 is 25.8. The molecule has 0 fully saturated rings. The van der Waals surface area contributed by atoms with E-state index in [1.165, 1.54) is 27.8 Å². The molecule has 0 saturated carbocycles. The van der Waals surface area contributed by atoms with Crippen molar-refractivity contribution in [2.45, 2.75) is 46.7 Å². The minimum Gasteiger partial charge on any atom is -0.322 e.